The van der Waals surface area contributed by atoms with Crippen LogP contribution in [0.4, 0.5) is 4.39 Å². The van der Waals surface area contributed by atoms with Crippen molar-refractivity contribution in [3.63, 3.8) is 0 Å². The molecule has 0 saturated heterocycles. The van der Waals surface area contributed by atoms with E-state index in [1.807, 2.05) is 6.92 Å². The van der Waals surface area contributed by atoms with Crippen LogP contribution < -0.4 is 5.32 Å². The van der Waals surface area contributed by atoms with Gasteiger partial charge in [0.05, 0.1) is 18.2 Å². The number of carbonyl (C=O) groups excluding carboxylic acids is 1. The quantitative estimate of drug-likeness (QED) is 0.848. The molecule has 0 aliphatic carbocycles. The molecule has 0 aliphatic heterocycles. The van der Waals surface area contributed by atoms with E-state index in [0.717, 1.165) is 5.56 Å². The van der Waals surface area contributed by atoms with Crippen LogP contribution in [0.1, 0.15) is 15.9 Å². The second-order valence-electron chi connectivity index (χ2n) is 3.76. The van der Waals surface area contributed by atoms with Crippen LogP contribution >= 0.6 is 15.9 Å². The van der Waals surface area contributed by atoms with Crippen LogP contribution in [-0.4, -0.2) is 31.0 Å². The number of hydrogen-bond acceptors (Lipinski definition) is 2. The summed E-state index contributed by atoms with van der Waals surface area (Å²) in [7, 11) is 1.55. The van der Waals surface area contributed by atoms with Gasteiger partial charge < -0.3 is 10.1 Å². The van der Waals surface area contributed by atoms with Crippen LogP contribution in [0.5, 0.6) is 0 Å². The number of carbonyl (C=O) groups is 1. The normalized spacial score (nSPS) is 12.2. The van der Waals surface area contributed by atoms with Crippen LogP contribution in [0.2, 0.25) is 0 Å². The maximum absolute atomic E-state index is 13.5. The molecule has 1 rings (SSSR count). The van der Waals surface area contributed by atoms with Gasteiger partial charge in [-0.2, -0.15) is 0 Å². The third kappa shape index (κ3) is 4.09. The zero-order valence-electron chi connectivity index (χ0n) is 9.80. The number of rotatable bonds is 5. The highest BCUT2D eigenvalue weighted by molar-refractivity contribution is 9.09. The molecule has 1 unspecified atom stereocenters. The van der Waals surface area contributed by atoms with Crippen LogP contribution in [0.3, 0.4) is 0 Å². The lowest BCUT2D eigenvalue weighted by Crippen LogP contribution is -2.39. The highest BCUT2D eigenvalue weighted by Gasteiger charge is 2.15. The van der Waals surface area contributed by atoms with Gasteiger partial charge in [0.15, 0.2) is 0 Å². The van der Waals surface area contributed by atoms with Gasteiger partial charge in [0.2, 0.25) is 0 Å². The Bertz CT molecular complexity index is 398. The molecule has 17 heavy (non-hydrogen) atoms. The number of alkyl halides is 1. The molecule has 5 heteroatoms. The van der Waals surface area contributed by atoms with Crippen molar-refractivity contribution in [2.45, 2.75) is 13.0 Å². The first kappa shape index (κ1) is 14.1. The summed E-state index contributed by atoms with van der Waals surface area (Å²) in [6.07, 6.45) is 0. The monoisotopic (exact) mass is 303 g/mol. The number of ether oxygens (including phenoxy) is 1. The summed E-state index contributed by atoms with van der Waals surface area (Å²) in [5.41, 5.74) is 0.908. The van der Waals surface area contributed by atoms with Gasteiger partial charge in [-0.05, 0) is 19.1 Å². The number of halogens is 2. The molecule has 0 heterocycles. The zero-order valence-corrected chi connectivity index (χ0v) is 11.4. The molecule has 0 fully saturated rings. The largest absolute Gasteiger partial charge is 0.383 e. The lowest BCUT2D eigenvalue weighted by atomic mass is 10.1. The van der Waals surface area contributed by atoms with Gasteiger partial charge in [-0.3, -0.25) is 4.79 Å². The van der Waals surface area contributed by atoms with E-state index in [1.54, 1.807) is 13.2 Å². The van der Waals surface area contributed by atoms with Crippen LogP contribution in [0, 0.1) is 12.7 Å². The first-order valence-electron chi connectivity index (χ1n) is 5.20. The van der Waals surface area contributed by atoms with Crippen molar-refractivity contribution in [1.82, 2.24) is 5.32 Å². The van der Waals surface area contributed by atoms with E-state index < -0.39 is 11.7 Å². The third-order valence-electron chi connectivity index (χ3n) is 2.26. The third-order valence-corrected chi connectivity index (χ3v) is 3.04. The fourth-order valence-electron chi connectivity index (χ4n) is 1.40. The Kier molecular flexibility index (Phi) is 5.58. The summed E-state index contributed by atoms with van der Waals surface area (Å²) >= 11 is 3.26. The molecule has 0 bridgehead atoms. The molecule has 1 aromatic carbocycles. The van der Waals surface area contributed by atoms with E-state index in [2.05, 4.69) is 21.2 Å². The van der Waals surface area contributed by atoms with Crippen LogP contribution in [-0.2, 0) is 4.74 Å². The molecule has 0 spiro atoms. The van der Waals surface area contributed by atoms with Gasteiger partial charge in [0.1, 0.15) is 5.82 Å². The van der Waals surface area contributed by atoms with Gasteiger partial charge in [-0.15, -0.1) is 0 Å². The van der Waals surface area contributed by atoms with Crippen molar-refractivity contribution in [2.75, 3.05) is 19.0 Å². The number of amides is 1. The fourth-order valence-corrected chi connectivity index (χ4v) is 1.75. The predicted octanol–water partition coefficient (Wildman–Crippen LogP) is 2.27. The Balaban J connectivity index is 2.78. The summed E-state index contributed by atoms with van der Waals surface area (Å²) in [6, 6.07) is 4.28. The van der Waals surface area contributed by atoms with Crippen molar-refractivity contribution >= 4 is 21.8 Å². The van der Waals surface area contributed by atoms with E-state index in [9.17, 15) is 9.18 Å². The topological polar surface area (TPSA) is 38.3 Å². The number of benzene rings is 1. The van der Waals surface area contributed by atoms with E-state index in [-0.39, 0.29) is 11.6 Å². The minimum absolute atomic E-state index is 0.0621. The molecular formula is C12H15BrFNO2. The van der Waals surface area contributed by atoms with Gasteiger partial charge in [0.25, 0.3) is 5.91 Å². The van der Waals surface area contributed by atoms with Gasteiger partial charge in [-0.1, -0.05) is 27.6 Å². The fraction of sp³-hybridized carbons (Fsp3) is 0.417. The van der Waals surface area contributed by atoms with Crippen LogP contribution in [0.25, 0.3) is 0 Å². The zero-order chi connectivity index (χ0) is 12.8. The number of methoxy groups -OCH3 is 1. The molecular weight excluding hydrogens is 289 g/mol. The molecule has 1 N–H and O–H groups in total. The number of hydrogen-bond donors (Lipinski definition) is 1. The van der Waals surface area contributed by atoms with Crippen molar-refractivity contribution < 1.29 is 13.9 Å². The first-order chi connectivity index (χ1) is 8.08. The number of aryl methyl sites for hydroxylation is 1. The molecule has 0 saturated carbocycles. The average molecular weight is 304 g/mol. The summed E-state index contributed by atoms with van der Waals surface area (Å²) in [6.45, 7) is 2.19. The highest BCUT2D eigenvalue weighted by atomic mass is 79.9. The Hall–Kier alpha value is -0.940. The maximum atomic E-state index is 13.5. The Labute approximate surface area is 108 Å². The van der Waals surface area contributed by atoms with Crippen molar-refractivity contribution in [3.05, 3.63) is 35.1 Å². The molecule has 1 aromatic rings. The van der Waals surface area contributed by atoms with E-state index >= 15 is 0 Å². The Morgan fingerprint density at radius 2 is 2.29 bits per heavy atom. The summed E-state index contributed by atoms with van der Waals surface area (Å²) in [4.78, 5) is 11.8. The average Bonchev–Trinajstić information content (AvgIpc) is 2.31. The smallest absolute Gasteiger partial charge is 0.254 e. The molecule has 94 valence electrons. The molecule has 0 aromatic heterocycles. The lowest BCUT2D eigenvalue weighted by Gasteiger charge is -2.15. The van der Waals surface area contributed by atoms with E-state index in [4.69, 9.17) is 4.74 Å². The maximum Gasteiger partial charge on any atom is 0.254 e. The minimum Gasteiger partial charge on any atom is -0.383 e. The second-order valence-corrected chi connectivity index (χ2v) is 4.41. The summed E-state index contributed by atoms with van der Waals surface area (Å²) < 4.78 is 18.4. The molecule has 1 atom stereocenters. The Morgan fingerprint density at radius 3 is 2.88 bits per heavy atom. The second kappa shape index (κ2) is 6.71. The standard InChI is InChI=1S/C12H15BrFNO2/c1-8-3-4-11(14)10(5-8)12(16)15-9(6-13)7-17-2/h3-5,9H,6-7H2,1-2H3,(H,15,16). The van der Waals surface area contributed by atoms with Gasteiger partial charge >= 0.3 is 0 Å². The number of nitrogens with one attached hydrogen (secondary N) is 1. The molecule has 0 aliphatic rings. The molecule has 0 radical (unpaired) electrons. The molecule has 3 nitrogen and oxygen atoms in total. The SMILES string of the molecule is COCC(CBr)NC(=O)c1cc(C)ccc1F. The lowest BCUT2D eigenvalue weighted by molar-refractivity contribution is 0.0904. The van der Waals surface area contributed by atoms with Crippen molar-refractivity contribution in [1.29, 1.82) is 0 Å². The van der Waals surface area contributed by atoms with E-state index in [0.29, 0.717) is 11.9 Å². The minimum atomic E-state index is -0.515. The summed E-state index contributed by atoms with van der Waals surface area (Å²) in [5, 5.41) is 3.26. The summed E-state index contributed by atoms with van der Waals surface area (Å²) in [5.74, 6) is -0.938. The van der Waals surface area contributed by atoms with Crippen molar-refractivity contribution in [3.8, 4) is 0 Å². The van der Waals surface area contributed by atoms with Gasteiger partial charge in [-0.25, -0.2) is 4.39 Å². The van der Waals surface area contributed by atoms with Crippen LogP contribution in [0.15, 0.2) is 18.2 Å². The molecule has 1 amide bonds. The highest BCUT2D eigenvalue weighted by Crippen LogP contribution is 2.10. The first-order valence-corrected chi connectivity index (χ1v) is 6.32. The predicted molar refractivity (Wildman–Crippen MR) is 68.1 cm³/mol. The Morgan fingerprint density at radius 1 is 1.59 bits per heavy atom. The van der Waals surface area contributed by atoms with Crippen molar-refractivity contribution in [2.24, 2.45) is 0 Å². The van der Waals surface area contributed by atoms with E-state index in [1.165, 1.54) is 12.1 Å². The van der Waals surface area contributed by atoms with Gasteiger partial charge in [0, 0.05) is 12.4 Å².